The summed E-state index contributed by atoms with van der Waals surface area (Å²) in [5, 5.41) is 10.4. The summed E-state index contributed by atoms with van der Waals surface area (Å²) in [6, 6.07) is 6.82. The van der Waals surface area contributed by atoms with Crippen LogP contribution >= 0.6 is 0 Å². The second-order valence-corrected chi connectivity index (χ2v) is 8.35. The average molecular weight is 376 g/mol. The highest BCUT2D eigenvalue weighted by atomic mass is 32.2. The minimum Gasteiger partial charge on any atom is -0.326 e. The minimum atomic E-state index is -3.22. The third-order valence-electron chi connectivity index (χ3n) is 4.53. The standard InChI is InChI=1S/C17H20N4O4S/c1-26(24,25)21-10-8-12(9-11-21)17(23)18-14-5-3-2-4-13(14)15-6-7-16(22)20-19-15/h2-7,12,15H,8-11H2,1H3,(H,18,23). The van der Waals surface area contributed by atoms with Crippen molar-refractivity contribution in [2.24, 2.45) is 16.1 Å². The molecule has 3 rings (SSSR count). The van der Waals surface area contributed by atoms with Crippen molar-refractivity contribution in [1.82, 2.24) is 4.31 Å². The number of piperidine rings is 1. The summed E-state index contributed by atoms with van der Waals surface area (Å²) in [6.45, 7) is 0.695. The van der Waals surface area contributed by atoms with E-state index in [0.717, 1.165) is 5.56 Å². The van der Waals surface area contributed by atoms with Crippen LogP contribution in [0.4, 0.5) is 5.69 Å². The Labute approximate surface area is 152 Å². The molecule has 1 atom stereocenters. The highest BCUT2D eigenvalue weighted by Gasteiger charge is 2.29. The van der Waals surface area contributed by atoms with Crippen molar-refractivity contribution in [1.29, 1.82) is 0 Å². The van der Waals surface area contributed by atoms with Crippen LogP contribution in [0.3, 0.4) is 0 Å². The monoisotopic (exact) mass is 376 g/mol. The Hall–Kier alpha value is -2.39. The van der Waals surface area contributed by atoms with Gasteiger partial charge in [-0.05, 0) is 25.0 Å². The lowest BCUT2D eigenvalue weighted by Gasteiger charge is -2.29. The second-order valence-electron chi connectivity index (χ2n) is 6.37. The van der Waals surface area contributed by atoms with Crippen LogP contribution in [-0.4, -0.2) is 43.9 Å². The summed E-state index contributed by atoms with van der Waals surface area (Å²) in [7, 11) is -3.22. The Balaban J connectivity index is 1.68. The zero-order valence-electron chi connectivity index (χ0n) is 14.3. The first-order valence-electron chi connectivity index (χ1n) is 8.32. The molecule has 0 spiro atoms. The van der Waals surface area contributed by atoms with Crippen molar-refractivity contribution >= 4 is 27.5 Å². The number of carbonyl (C=O) groups excluding carboxylic acids is 2. The smallest absolute Gasteiger partial charge is 0.287 e. The fraction of sp³-hybridized carbons (Fsp3) is 0.412. The molecule has 1 fully saturated rings. The van der Waals surface area contributed by atoms with Crippen LogP contribution < -0.4 is 5.32 Å². The maximum absolute atomic E-state index is 12.6. The number of hydrogen-bond donors (Lipinski definition) is 1. The Kier molecular flexibility index (Phi) is 5.28. The molecule has 2 aliphatic rings. The number of rotatable bonds is 4. The maximum atomic E-state index is 12.6. The lowest BCUT2D eigenvalue weighted by atomic mass is 9.96. The van der Waals surface area contributed by atoms with E-state index in [2.05, 4.69) is 15.5 Å². The highest BCUT2D eigenvalue weighted by molar-refractivity contribution is 7.88. The van der Waals surface area contributed by atoms with E-state index in [0.29, 0.717) is 31.6 Å². The second kappa shape index (κ2) is 7.46. The van der Waals surface area contributed by atoms with Crippen LogP contribution in [0.2, 0.25) is 0 Å². The number of hydrogen-bond acceptors (Lipinski definition) is 5. The van der Waals surface area contributed by atoms with E-state index in [9.17, 15) is 18.0 Å². The summed E-state index contributed by atoms with van der Waals surface area (Å²) >= 11 is 0. The van der Waals surface area contributed by atoms with Crippen LogP contribution in [0.15, 0.2) is 46.6 Å². The molecule has 26 heavy (non-hydrogen) atoms. The topological polar surface area (TPSA) is 108 Å². The Morgan fingerprint density at radius 1 is 1.23 bits per heavy atom. The summed E-state index contributed by atoms with van der Waals surface area (Å²) in [5.41, 5.74) is 1.37. The third-order valence-corrected chi connectivity index (χ3v) is 5.84. The maximum Gasteiger partial charge on any atom is 0.287 e. The predicted molar refractivity (Wildman–Crippen MR) is 96.0 cm³/mol. The number of nitrogens with one attached hydrogen (secondary N) is 1. The zero-order valence-corrected chi connectivity index (χ0v) is 15.1. The van der Waals surface area contributed by atoms with Crippen molar-refractivity contribution < 1.29 is 18.0 Å². The number of benzene rings is 1. The number of sulfonamides is 1. The van der Waals surface area contributed by atoms with Gasteiger partial charge in [0.2, 0.25) is 15.9 Å². The van der Waals surface area contributed by atoms with E-state index in [1.54, 1.807) is 18.2 Å². The van der Waals surface area contributed by atoms with Gasteiger partial charge in [0.05, 0.1) is 6.26 Å². The van der Waals surface area contributed by atoms with Gasteiger partial charge in [0.25, 0.3) is 5.91 Å². The summed E-state index contributed by atoms with van der Waals surface area (Å²) in [5.74, 6) is -0.787. The Bertz CT molecular complexity index is 855. The van der Waals surface area contributed by atoms with Gasteiger partial charge in [-0.15, -0.1) is 5.11 Å². The van der Waals surface area contributed by atoms with Crippen molar-refractivity contribution in [3.63, 3.8) is 0 Å². The van der Waals surface area contributed by atoms with Crippen LogP contribution in [0, 0.1) is 5.92 Å². The molecule has 2 aliphatic heterocycles. The predicted octanol–water partition coefficient (Wildman–Crippen LogP) is 1.89. The van der Waals surface area contributed by atoms with Gasteiger partial charge in [-0.2, -0.15) is 5.11 Å². The number of amides is 2. The van der Waals surface area contributed by atoms with E-state index in [4.69, 9.17) is 0 Å². The fourth-order valence-electron chi connectivity index (χ4n) is 3.08. The van der Waals surface area contributed by atoms with Gasteiger partial charge in [0, 0.05) is 36.3 Å². The molecule has 0 aromatic heterocycles. The molecule has 0 radical (unpaired) electrons. The normalized spacial score (nSPS) is 21.7. The Morgan fingerprint density at radius 3 is 2.54 bits per heavy atom. The molecule has 0 saturated carbocycles. The zero-order chi connectivity index (χ0) is 18.7. The van der Waals surface area contributed by atoms with Gasteiger partial charge in [0.15, 0.2) is 0 Å². The quantitative estimate of drug-likeness (QED) is 0.865. The lowest BCUT2D eigenvalue weighted by Crippen LogP contribution is -2.41. The van der Waals surface area contributed by atoms with E-state index in [1.165, 1.54) is 16.6 Å². The van der Waals surface area contributed by atoms with Crippen LogP contribution in [0.25, 0.3) is 0 Å². The number of carbonyl (C=O) groups is 2. The molecule has 1 N–H and O–H groups in total. The molecular weight excluding hydrogens is 356 g/mol. The van der Waals surface area contributed by atoms with E-state index in [-0.39, 0.29) is 11.8 Å². The van der Waals surface area contributed by atoms with Gasteiger partial charge < -0.3 is 5.32 Å². The molecule has 0 aliphatic carbocycles. The number of anilines is 1. The molecule has 2 heterocycles. The van der Waals surface area contributed by atoms with Crippen LogP contribution in [-0.2, 0) is 19.6 Å². The molecule has 1 aromatic carbocycles. The number of nitrogens with zero attached hydrogens (tertiary/aromatic N) is 3. The van der Waals surface area contributed by atoms with Crippen molar-refractivity contribution in [2.45, 2.75) is 18.9 Å². The van der Waals surface area contributed by atoms with Crippen molar-refractivity contribution in [3.05, 3.63) is 42.0 Å². The van der Waals surface area contributed by atoms with Crippen LogP contribution in [0.1, 0.15) is 24.4 Å². The first-order chi connectivity index (χ1) is 12.3. The molecule has 1 aromatic rings. The molecule has 1 saturated heterocycles. The van der Waals surface area contributed by atoms with E-state index in [1.807, 2.05) is 12.1 Å². The third kappa shape index (κ3) is 4.23. The SMILES string of the molecule is CS(=O)(=O)N1CCC(C(=O)Nc2ccccc2C2C=CC(=O)N=N2)CC1. The molecule has 9 heteroatoms. The summed E-state index contributed by atoms with van der Waals surface area (Å²) in [6.07, 6.45) is 5.15. The van der Waals surface area contributed by atoms with Crippen LogP contribution in [0.5, 0.6) is 0 Å². The molecule has 0 bridgehead atoms. The molecule has 8 nitrogen and oxygen atoms in total. The largest absolute Gasteiger partial charge is 0.326 e. The van der Waals surface area contributed by atoms with Gasteiger partial charge in [-0.1, -0.05) is 18.2 Å². The minimum absolute atomic E-state index is 0.140. The highest BCUT2D eigenvalue weighted by Crippen LogP contribution is 2.30. The molecule has 2 amide bonds. The summed E-state index contributed by atoms with van der Waals surface area (Å²) in [4.78, 5) is 23.7. The van der Waals surface area contributed by atoms with E-state index < -0.39 is 22.0 Å². The summed E-state index contributed by atoms with van der Waals surface area (Å²) < 4.78 is 24.5. The molecular formula is C17H20N4O4S. The van der Waals surface area contributed by atoms with Gasteiger partial charge in [-0.3, -0.25) is 9.59 Å². The average Bonchev–Trinajstić information content (AvgIpc) is 2.62. The fourth-order valence-corrected chi connectivity index (χ4v) is 3.96. The first-order valence-corrected chi connectivity index (χ1v) is 10.2. The number of para-hydroxylation sites is 1. The van der Waals surface area contributed by atoms with Crippen molar-refractivity contribution in [2.75, 3.05) is 24.7 Å². The molecule has 138 valence electrons. The van der Waals surface area contributed by atoms with Crippen molar-refractivity contribution in [3.8, 4) is 0 Å². The van der Waals surface area contributed by atoms with E-state index >= 15 is 0 Å². The number of azo groups is 1. The first kappa shape index (κ1) is 18.4. The lowest BCUT2D eigenvalue weighted by molar-refractivity contribution is -0.121. The van der Waals surface area contributed by atoms with Gasteiger partial charge in [-0.25, -0.2) is 12.7 Å². The van der Waals surface area contributed by atoms with Gasteiger partial charge in [0.1, 0.15) is 6.04 Å². The Morgan fingerprint density at radius 2 is 1.92 bits per heavy atom. The van der Waals surface area contributed by atoms with Gasteiger partial charge >= 0.3 is 0 Å². The molecule has 1 unspecified atom stereocenters.